The van der Waals surface area contributed by atoms with Crippen molar-refractivity contribution in [2.45, 2.75) is 33.1 Å². The number of pyridine rings is 1. The van der Waals surface area contributed by atoms with Gasteiger partial charge in [0, 0.05) is 18.7 Å². The van der Waals surface area contributed by atoms with Gasteiger partial charge < -0.3 is 4.90 Å². The molecule has 1 aliphatic rings. The Balaban J connectivity index is 0.00000144. The van der Waals surface area contributed by atoms with E-state index >= 15 is 0 Å². The summed E-state index contributed by atoms with van der Waals surface area (Å²) < 4.78 is 1.09. The predicted molar refractivity (Wildman–Crippen MR) is 79.7 cm³/mol. The van der Waals surface area contributed by atoms with Crippen LogP contribution in [0.4, 0.5) is 5.69 Å². The minimum atomic E-state index is 0. The van der Waals surface area contributed by atoms with E-state index in [0.717, 1.165) is 28.8 Å². The fraction of sp³-hybridized carbons (Fsp3) is 0.583. The molecule has 1 aromatic heterocycles. The van der Waals surface area contributed by atoms with Gasteiger partial charge in [-0.2, -0.15) is 0 Å². The van der Waals surface area contributed by atoms with Crippen molar-refractivity contribution < 1.29 is 0 Å². The molecule has 2 nitrogen and oxygen atoms in total. The molecule has 2 rings (SSSR count). The Hall–Kier alpha value is 0.01000. The van der Waals surface area contributed by atoms with Crippen LogP contribution in [0.3, 0.4) is 0 Å². The number of hydrogen-bond acceptors (Lipinski definition) is 2. The predicted octanol–water partition coefficient (Wildman–Crippen LogP) is 4.53. The SMILES string of the molecule is Cc1nc(Cl)c(C)c(N2CCCCC2)c1Br.Cl. The van der Waals surface area contributed by atoms with E-state index in [0.29, 0.717) is 5.15 Å². The molecule has 0 aromatic carbocycles. The number of piperidine rings is 1. The number of rotatable bonds is 1. The molecule has 0 atom stereocenters. The molecule has 0 radical (unpaired) electrons. The lowest BCUT2D eigenvalue weighted by molar-refractivity contribution is 0.576. The summed E-state index contributed by atoms with van der Waals surface area (Å²) in [4.78, 5) is 6.74. The summed E-state index contributed by atoms with van der Waals surface area (Å²) in [7, 11) is 0. The summed E-state index contributed by atoms with van der Waals surface area (Å²) in [5.41, 5.74) is 3.29. The second-order valence-corrected chi connectivity index (χ2v) is 5.47. The van der Waals surface area contributed by atoms with E-state index in [1.165, 1.54) is 24.9 Å². The topological polar surface area (TPSA) is 16.1 Å². The van der Waals surface area contributed by atoms with E-state index in [1.54, 1.807) is 0 Å². The van der Waals surface area contributed by atoms with Crippen LogP contribution in [-0.4, -0.2) is 18.1 Å². The third kappa shape index (κ3) is 3.07. The van der Waals surface area contributed by atoms with Gasteiger partial charge >= 0.3 is 0 Å². The van der Waals surface area contributed by atoms with Gasteiger partial charge in [-0.25, -0.2) is 4.98 Å². The average molecular weight is 340 g/mol. The van der Waals surface area contributed by atoms with E-state index in [4.69, 9.17) is 11.6 Å². The van der Waals surface area contributed by atoms with Crippen LogP contribution in [-0.2, 0) is 0 Å². The molecule has 0 aliphatic carbocycles. The van der Waals surface area contributed by atoms with Gasteiger partial charge in [-0.05, 0) is 49.0 Å². The van der Waals surface area contributed by atoms with Crippen LogP contribution >= 0.6 is 39.9 Å². The maximum Gasteiger partial charge on any atom is 0.134 e. The molecular formula is C12H17BrCl2N2. The molecular weight excluding hydrogens is 323 g/mol. The van der Waals surface area contributed by atoms with Crippen molar-refractivity contribution >= 4 is 45.6 Å². The molecule has 0 N–H and O–H groups in total. The smallest absolute Gasteiger partial charge is 0.134 e. The number of aryl methyl sites for hydroxylation is 1. The van der Waals surface area contributed by atoms with Crippen LogP contribution < -0.4 is 4.90 Å². The van der Waals surface area contributed by atoms with Crippen molar-refractivity contribution in [3.63, 3.8) is 0 Å². The number of halogens is 3. The molecule has 1 saturated heterocycles. The van der Waals surface area contributed by atoms with E-state index in [2.05, 4.69) is 25.8 Å². The molecule has 1 aromatic rings. The highest BCUT2D eigenvalue weighted by Gasteiger charge is 2.19. The highest BCUT2D eigenvalue weighted by Crippen LogP contribution is 2.36. The summed E-state index contributed by atoms with van der Waals surface area (Å²) in [5, 5.41) is 0.626. The molecule has 17 heavy (non-hydrogen) atoms. The van der Waals surface area contributed by atoms with Crippen molar-refractivity contribution in [1.29, 1.82) is 0 Å². The maximum atomic E-state index is 6.15. The number of nitrogens with zero attached hydrogens (tertiary/aromatic N) is 2. The molecule has 5 heteroatoms. The van der Waals surface area contributed by atoms with Gasteiger partial charge in [-0.15, -0.1) is 12.4 Å². The van der Waals surface area contributed by atoms with Crippen LogP contribution in [0.15, 0.2) is 4.47 Å². The molecule has 96 valence electrons. The van der Waals surface area contributed by atoms with Crippen molar-refractivity contribution in [2.24, 2.45) is 0 Å². The average Bonchev–Trinajstić information content (AvgIpc) is 2.28. The lowest BCUT2D eigenvalue weighted by Crippen LogP contribution is -2.30. The Morgan fingerprint density at radius 2 is 1.76 bits per heavy atom. The Labute approximate surface area is 122 Å². The summed E-state index contributed by atoms with van der Waals surface area (Å²) in [6, 6.07) is 0. The minimum absolute atomic E-state index is 0. The normalized spacial score (nSPS) is 15.6. The Kier molecular flexibility index (Phi) is 5.55. The van der Waals surface area contributed by atoms with E-state index < -0.39 is 0 Å². The molecule has 0 amide bonds. The van der Waals surface area contributed by atoms with Crippen LogP contribution in [0.5, 0.6) is 0 Å². The molecule has 0 saturated carbocycles. The third-order valence-electron chi connectivity index (χ3n) is 3.13. The zero-order valence-electron chi connectivity index (χ0n) is 10.1. The van der Waals surface area contributed by atoms with Gasteiger partial charge in [0.25, 0.3) is 0 Å². The number of aromatic nitrogens is 1. The Morgan fingerprint density at radius 1 is 1.18 bits per heavy atom. The van der Waals surface area contributed by atoms with Gasteiger partial charge in [-0.3, -0.25) is 0 Å². The Morgan fingerprint density at radius 3 is 2.35 bits per heavy atom. The lowest BCUT2D eigenvalue weighted by atomic mass is 10.1. The standard InChI is InChI=1S/C12H16BrClN2.ClH/c1-8-11(16-6-4-3-5-7-16)10(13)9(2)15-12(8)14;/h3-7H2,1-2H3;1H. The zero-order chi connectivity index (χ0) is 11.7. The van der Waals surface area contributed by atoms with Gasteiger partial charge in [0.1, 0.15) is 5.15 Å². The molecule has 0 spiro atoms. The third-order valence-corrected chi connectivity index (χ3v) is 4.45. The van der Waals surface area contributed by atoms with E-state index in [1.807, 2.05) is 13.8 Å². The van der Waals surface area contributed by atoms with Crippen LogP contribution in [0.25, 0.3) is 0 Å². The van der Waals surface area contributed by atoms with Gasteiger partial charge in [-0.1, -0.05) is 11.6 Å². The van der Waals surface area contributed by atoms with E-state index in [9.17, 15) is 0 Å². The maximum absolute atomic E-state index is 6.15. The van der Waals surface area contributed by atoms with Gasteiger partial charge in [0.05, 0.1) is 15.9 Å². The van der Waals surface area contributed by atoms with Crippen LogP contribution in [0.2, 0.25) is 5.15 Å². The summed E-state index contributed by atoms with van der Waals surface area (Å²) in [5.74, 6) is 0. The number of anilines is 1. The monoisotopic (exact) mass is 338 g/mol. The summed E-state index contributed by atoms with van der Waals surface area (Å²) in [6.45, 7) is 6.28. The highest BCUT2D eigenvalue weighted by atomic mass is 79.9. The van der Waals surface area contributed by atoms with Crippen molar-refractivity contribution in [3.05, 3.63) is 20.9 Å². The van der Waals surface area contributed by atoms with Crippen molar-refractivity contribution in [1.82, 2.24) is 4.98 Å². The van der Waals surface area contributed by atoms with E-state index in [-0.39, 0.29) is 12.4 Å². The van der Waals surface area contributed by atoms with Crippen LogP contribution in [0, 0.1) is 13.8 Å². The fourth-order valence-electron chi connectivity index (χ4n) is 2.21. The van der Waals surface area contributed by atoms with Crippen molar-refractivity contribution in [3.8, 4) is 0 Å². The fourth-order valence-corrected chi connectivity index (χ4v) is 3.06. The first kappa shape index (κ1) is 15.1. The lowest BCUT2D eigenvalue weighted by Gasteiger charge is -2.31. The van der Waals surface area contributed by atoms with Crippen LogP contribution in [0.1, 0.15) is 30.5 Å². The second kappa shape index (κ2) is 6.26. The first-order valence-electron chi connectivity index (χ1n) is 5.68. The molecule has 1 aliphatic heterocycles. The Bertz CT molecular complexity index is 378. The van der Waals surface area contributed by atoms with Gasteiger partial charge in [0.15, 0.2) is 0 Å². The quantitative estimate of drug-likeness (QED) is 0.699. The second-order valence-electron chi connectivity index (χ2n) is 4.32. The van der Waals surface area contributed by atoms with Gasteiger partial charge in [0.2, 0.25) is 0 Å². The largest absolute Gasteiger partial charge is 0.370 e. The molecule has 0 bridgehead atoms. The first-order valence-corrected chi connectivity index (χ1v) is 6.85. The summed E-state index contributed by atoms with van der Waals surface area (Å²) >= 11 is 9.79. The molecule has 1 fully saturated rings. The minimum Gasteiger partial charge on any atom is -0.370 e. The highest BCUT2D eigenvalue weighted by molar-refractivity contribution is 9.10. The molecule has 0 unspecified atom stereocenters. The zero-order valence-corrected chi connectivity index (χ0v) is 13.3. The van der Waals surface area contributed by atoms with Crippen molar-refractivity contribution in [2.75, 3.05) is 18.0 Å². The number of hydrogen-bond donors (Lipinski definition) is 0. The summed E-state index contributed by atoms with van der Waals surface area (Å²) in [6.07, 6.45) is 3.88. The first-order chi connectivity index (χ1) is 7.61. The molecule has 2 heterocycles.